The molecular formula is C14H15N3O. The maximum absolute atomic E-state index is 8.71. The standard InChI is InChI=1S/C14H15N3O/c1-11(12-5-7-16-8-6-12)17(2)10-14-4-3-13(9-15)18-14/h3-8,11H,10H2,1-2H3/t11-/m1/s1. The third-order valence-electron chi connectivity index (χ3n) is 3.03. The summed E-state index contributed by atoms with van der Waals surface area (Å²) in [6.45, 7) is 2.80. The van der Waals surface area contributed by atoms with Crippen LogP contribution in [0.1, 0.15) is 30.0 Å². The van der Waals surface area contributed by atoms with Crippen molar-refractivity contribution in [3.63, 3.8) is 0 Å². The highest BCUT2D eigenvalue weighted by Gasteiger charge is 2.13. The van der Waals surface area contributed by atoms with Gasteiger partial charge in [0.1, 0.15) is 11.8 Å². The molecule has 0 aromatic carbocycles. The van der Waals surface area contributed by atoms with Gasteiger partial charge in [0.05, 0.1) is 6.54 Å². The molecule has 4 heteroatoms. The number of nitriles is 1. The van der Waals surface area contributed by atoms with E-state index in [9.17, 15) is 0 Å². The van der Waals surface area contributed by atoms with Crippen molar-refractivity contribution in [2.24, 2.45) is 0 Å². The lowest BCUT2D eigenvalue weighted by atomic mass is 10.1. The molecule has 0 aliphatic carbocycles. The zero-order valence-electron chi connectivity index (χ0n) is 10.5. The molecule has 0 aliphatic heterocycles. The average Bonchev–Trinajstić information content (AvgIpc) is 2.86. The van der Waals surface area contributed by atoms with E-state index in [1.807, 2.05) is 31.3 Å². The summed E-state index contributed by atoms with van der Waals surface area (Å²) in [6.07, 6.45) is 3.58. The van der Waals surface area contributed by atoms with Crippen LogP contribution in [-0.4, -0.2) is 16.9 Å². The van der Waals surface area contributed by atoms with Gasteiger partial charge in [-0.15, -0.1) is 0 Å². The molecule has 0 radical (unpaired) electrons. The van der Waals surface area contributed by atoms with Crippen LogP contribution in [0.5, 0.6) is 0 Å². The van der Waals surface area contributed by atoms with Gasteiger partial charge < -0.3 is 4.42 Å². The van der Waals surface area contributed by atoms with E-state index < -0.39 is 0 Å². The topological polar surface area (TPSA) is 53.1 Å². The Balaban J connectivity index is 2.04. The van der Waals surface area contributed by atoms with E-state index in [1.165, 1.54) is 5.56 Å². The number of furan rings is 1. The lowest BCUT2D eigenvalue weighted by molar-refractivity contribution is 0.232. The monoisotopic (exact) mass is 241 g/mol. The molecule has 2 rings (SSSR count). The van der Waals surface area contributed by atoms with Gasteiger partial charge in [0.2, 0.25) is 5.76 Å². The second kappa shape index (κ2) is 5.48. The van der Waals surface area contributed by atoms with Gasteiger partial charge in [-0.1, -0.05) is 0 Å². The fourth-order valence-corrected chi connectivity index (χ4v) is 1.80. The summed E-state index contributed by atoms with van der Waals surface area (Å²) in [5, 5.41) is 8.71. The molecule has 4 nitrogen and oxygen atoms in total. The normalized spacial score (nSPS) is 12.3. The number of nitrogens with zero attached hydrogens (tertiary/aromatic N) is 3. The van der Waals surface area contributed by atoms with Gasteiger partial charge in [0.15, 0.2) is 0 Å². The van der Waals surface area contributed by atoms with Gasteiger partial charge in [-0.2, -0.15) is 5.26 Å². The number of hydrogen-bond donors (Lipinski definition) is 0. The van der Waals surface area contributed by atoms with E-state index in [-0.39, 0.29) is 6.04 Å². The SMILES string of the molecule is C[C@H](c1ccncc1)N(C)Cc1ccc(C#N)o1. The van der Waals surface area contributed by atoms with Crippen LogP contribution in [0.4, 0.5) is 0 Å². The average molecular weight is 241 g/mol. The Labute approximate surface area is 106 Å². The van der Waals surface area contributed by atoms with Crippen LogP contribution in [0.25, 0.3) is 0 Å². The molecule has 92 valence electrons. The molecule has 0 spiro atoms. The molecule has 2 aromatic heterocycles. The molecule has 0 saturated heterocycles. The number of aromatic nitrogens is 1. The molecule has 0 aliphatic rings. The summed E-state index contributed by atoms with van der Waals surface area (Å²) in [5.74, 6) is 1.16. The van der Waals surface area contributed by atoms with Crippen molar-refractivity contribution < 1.29 is 4.42 Å². The van der Waals surface area contributed by atoms with Crippen LogP contribution >= 0.6 is 0 Å². The first-order chi connectivity index (χ1) is 8.70. The van der Waals surface area contributed by atoms with E-state index in [0.717, 1.165) is 5.76 Å². The van der Waals surface area contributed by atoms with Gasteiger partial charge in [-0.25, -0.2) is 0 Å². The summed E-state index contributed by atoms with van der Waals surface area (Å²) in [4.78, 5) is 6.17. The highest BCUT2D eigenvalue weighted by atomic mass is 16.3. The second-order valence-electron chi connectivity index (χ2n) is 4.25. The van der Waals surface area contributed by atoms with Crippen LogP contribution in [-0.2, 0) is 6.54 Å². The van der Waals surface area contributed by atoms with Crippen LogP contribution < -0.4 is 0 Å². The minimum atomic E-state index is 0.267. The van der Waals surface area contributed by atoms with E-state index in [1.54, 1.807) is 18.5 Å². The Bertz CT molecular complexity index is 542. The second-order valence-corrected chi connectivity index (χ2v) is 4.25. The molecule has 1 atom stereocenters. The lowest BCUT2D eigenvalue weighted by Gasteiger charge is -2.23. The number of pyridine rings is 1. The number of hydrogen-bond acceptors (Lipinski definition) is 4. The fourth-order valence-electron chi connectivity index (χ4n) is 1.80. The van der Waals surface area contributed by atoms with Gasteiger partial charge in [0.25, 0.3) is 0 Å². The zero-order valence-corrected chi connectivity index (χ0v) is 10.5. The van der Waals surface area contributed by atoms with E-state index in [0.29, 0.717) is 12.3 Å². The minimum Gasteiger partial charge on any atom is -0.449 e. The van der Waals surface area contributed by atoms with Gasteiger partial charge >= 0.3 is 0 Å². The van der Waals surface area contributed by atoms with Crippen molar-refractivity contribution in [1.82, 2.24) is 9.88 Å². The maximum atomic E-state index is 8.71. The van der Waals surface area contributed by atoms with E-state index in [4.69, 9.17) is 9.68 Å². The molecule has 2 heterocycles. The van der Waals surface area contributed by atoms with Crippen LogP contribution in [0.2, 0.25) is 0 Å². The van der Waals surface area contributed by atoms with Crippen LogP contribution in [0, 0.1) is 11.3 Å². The Morgan fingerprint density at radius 3 is 2.67 bits per heavy atom. The molecule has 0 N–H and O–H groups in total. The minimum absolute atomic E-state index is 0.267. The summed E-state index contributed by atoms with van der Waals surface area (Å²) in [6, 6.07) is 9.80. The molecule has 0 bridgehead atoms. The molecule has 0 amide bonds. The fraction of sp³-hybridized carbons (Fsp3) is 0.286. The van der Waals surface area contributed by atoms with Gasteiger partial charge in [-0.05, 0) is 43.8 Å². The maximum Gasteiger partial charge on any atom is 0.203 e. The first-order valence-electron chi connectivity index (χ1n) is 5.79. The van der Waals surface area contributed by atoms with Crippen molar-refractivity contribution in [1.29, 1.82) is 5.26 Å². The zero-order chi connectivity index (χ0) is 13.0. The molecule has 18 heavy (non-hydrogen) atoms. The Morgan fingerprint density at radius 2 is 2.06 bits per heavy atom. The Morgan fingerprint density at radius 1 is 1.33 bits per heavy atom. The van der Waals surface area contributed by atoms with Gasteiger partial charge in [-0.3, -0.25) is 9.88 Å². The van der Waals surface area contributed by atoms with Crippen molar-refractivity contribution in [3.05, 3.63) is 53.7 Å². The summed E-state index contributed by atoms with van der Waals surface area (Å²) < 4.78 is 5.37. The van der Waals surface area contributed by atoms with Crippen molar-refractivity contribution >= 4 is 0 Å². The Kier molecular flexibility index (Phi) is 3.75. The smallest absolute Gasteiger partial charge is 0.203 e. The molecule has 0 saturated carbocycles. The molecule has 0 fully saturated rings. The molecule has 2 aromatic rings. The third-order valence-corrected chi connectivity index (χ3v) is 3.03. The lowest BCUT2D eigenvalue weighted by Crippen LogP contribution is -2.21. The highest BCUT2D eigenvalue weighted by molar-refractivity contribution is 5.19. The first kappa shape index (κ1) is 12.3. The highest BCUT2D eigenvalue weighted by Crippen LogP contribution is 2.20. The van der Waals surface area contributed by atoms with Crippen molar-refractivity contribution in [2.45, 2.75) is 19.5 Å². The first-order valence-corrected chi connectivity index (χ1v) is 5.79. The van der Waals surface area contributed by atoms with Crippen LogP contribution in [0.15, 0.2) is 41.1 Å². The predicted molar refractivity (Wildman–Crippen MR) is 67.5 cm³/mol. The summed E-state index contributed by atoms with van der Waals surface area (Å²) in [7, 11) is 2.03. The molecule has 0 unspecified atom stereocenters. The Hall–Kier alpha value is -2.12. The summed E-state index contributed by atoms with van der Waals surface area (Å²) >= 11 is 0. The van der Waals surface area contributed by atoms with Crippen LogP contribution in [0.3, 0.4) is 0 Å². The quantitative estimate of drug-likeness (QED) is 0.825. The largest absolute Gasteiger partial charge is 0.449 e. The summed E-state index contributed by atoms with van der Waals surface area (Å²) in [5.41, 5.74) is 1.21. The van der Waals surface area contributed by atoms with Crippen molar-refractivity contribution in [3.8, 4) is 6.07 Å². The predicted octanol–water partition coefficient (Wildman–Crippen LogP) is 2.74. The number of rotatable bonds is 4. The van der Waals surface area contributed by atoms with Gasteiger partial charge in [0, 0.05) is 18.4 Å². The molecular weight excluding hydrogens is 226 g/mol. The van der Waals surface area contributed by atoms with Crippen molar-refractivity contribution in [2.75, 3.05) is 7.05 Å². The third kappa shape index (κ3) is 2.76. The van der Waals surface area contributed by atoms with E-state index >= 15 is 0 Å². The van der Waals surface area contributed by atoms with E-state index in [2.05, 4.69) is 16.8 Å².